The Morgan fingerprint density at radius 2 is 2.00 bits per heavy atom. The second-order valence-corrected chi connectivity index (χ2v) is 7.49. The number of rotatable bonds is 4. The van der Waals surface area contributed by atoms with Gasteiger partial charge in [0, 0.05) is 31.3 Å². The van der Waals surface area contributed by atoms with E-state index in [4.69, 9.17) is 0 Å². The van der Waals surface area contributed by atoms with Gasteiger partial charge in [-0.05, 0) is 56.0 Å². The number of aliphatic hydroxyl groups is 1. The molecule has 2 fully saturated rings. The maximum atomic E-state index is 13.2. The number of piperidine rings is 2. The molecule has 3 heterocycles. The van der Waals surface area contributed by atoms with E-state index < -0.39 is 0 Å². The zero-order valence-corrected chi connectivity index (χ0v) is 15.4. The van der Waals surface area contributed by atoms with E-state index in [9.17, 15) is 9.90 Å². The lowest BCUT2D eigenvalue weighted by molar-refractivity contribution is 0.0446. The number of benzene rings is 1. The number of carbonyl (C=O) groups excluding carboxylic acids is 1. The Balaban J connectivity index is 1.47. The highest BCUT2D eigenvalue weighted by Gasteiger charge is 2.31. The van der Waals surface area contributed by atoms with Crippen molar-refractivity contribution in [3.05, 3.63) is 29.8 Å². The predicted molar refractivity (Wildman–Crippen MR) is 99.9 cm³/mol. The highest BCUT2D eigenvalue weighted by molar-refractivity contribution is 6.00. The summed E-state index contributed by atoms with van der Waals surface area (Å²) in [6.45, 7) is 3.84. The summed E-state index contributed by atoms with van der Waals surface area (Å²) < 4.78 is 0. The van der Waals surface area contributed by atoms with Crippen LogP contribution in [0.5, 0.6) is 0 Å². The molecule has 2 N–H and O–H groups in total. The van der Waals surface area contributed by atoms with E-state index >= 15 is 0 Å². The minimum Gasteiger partial charge on any atom is -0.396 e. The van der Waals surface area contributed by atoms with Crippen LogP contribution < -0.4 is 0 Å². The minimum atomic E-state index is 0.0327. The molecule has 2 aliphatic rings. The largest absolute Gasteiger partial charge is 0.396 e. The van der Waals surface area contributed by atoms with Crippen molar-refractivity contribution in [1.29, 1.82) is 0 Å². The Morgan fingerprint density at radius 3 is 2.74 bits per heavy atom. The van der Waals surface area contributed by atoms with Gasteiger partial charge in [0.25, 0.3) is 5.91 Å². The van der Waals surface area contributed by atoms with Gasteiger partial charge in [-0.15, -0.1) is 10.2 Å². The van der Waals surface area contributed by atoms with Gasteiger partial charge in [-0.25, -0.2) is 0 Å². The van der Waals surface area contributed by atoms with Crippen molar-refractivity contribution in [2.45, 2.75) is 31.7 Å². The van der Waals surface area contributed by atoms with Crippen molar-refractivity contribution in [1.82, 2.24) is 30.4 Å². The fraction of sp³-hybridized carbons (Fsp3) is 0.579. The molecule has 4 rings (SSSR count). The standard InChI is InChI=1S/C19H26N6O2/c26-13-14-7-10-24(11-8-14)15-4-3-9-25(12-15)19(27)17-6-2-1-5-16(17)18-20-22-23-21-18/h1-2,5-6,14-15,26H,3-4,7-13H2,(H,20,21,22,23). The Bertz CT molecular complexity index is 757. The number of aromatic nitrogens is 4. The monoisotopic (exact) mass is 370 g/mol. The quantitative estimate of drug-likeness (QED) is 0.839. The number of aromatic amines is 1. The molecule has 27 heavy (non-hydrogen) atoms. The van der Waals surface area contributed by atoms with Crippen molar-refractivity contribution in [3.8, 4) is 11.4 Å². The summed E-state index contributed by atoms with van der Waals surface area (Å²) in [4.78, 5) is 17.7. The van der Waals surface area contributed by atoms with Gasteiger partial charge in [-0.1, -0.05) is 18.2 Å². The van der Waals surface area contributed by atoms with Crippen molar-refractivity contribution < 1.29 is 9.90 Å². The predicted octanol–water partition coefficient (Wildman–Crippen LogP) is 1.18. The molecular formula is C19H26N6O2. The zero-order valence-electron chi connectivity index (χ0n) is 15.4. The lowest BCUT2D eigenvalue weighted by atomic mass is 9.94. The molecule has 2 saturated heterocycles. The first kappa shape index (κ1) is 18.1. The maximum absolute atomic E-state index is 13.2. The van der Waals surface area contributed by atoms with E-state index in [0.717, 1.165) is 51.9 Å². The van der Waals surface area contributed by atoms with E-state index in [0.29, 0.717) is 28.9 Å². The van der Waals surface area contributed by atoms with Gasteiger partial charge < -0.3 is 10.0 Å². The SMILES string of the molecule is O=C(c1ccccc1-c1nn[nH]n1)N1CCCC(N2CCC(CO)CC2)C1. The number of likely N-dealkylation sites (tertiary alicyclic amines) is 2. The van der Waals surface area contributed by atoms with Crippen LogP contribution in [0.15, 0.2) is 24.3 Å². The third kappa shape index (κ3) is 3.86. The number of hydrogen-bond donors (Lipinski definition) is 2. The van der Waals surface area contributed by atoms with Gasteiger partial charge in [0.05, 0.1) is 5.56 Å². The smallest absolute Gasteiger partial charge is 0.254 e. The Hall–Kier alpha value is -2.32. The summed E-state index contributed by atoms with van der Waals surface area (Å²) in [5.74, 6) is 0.911. The van der Waals surface area contributed by atoms with Crippen LogP contribution >= 0.6 is 0 Å². The van der Waals surface area contributed by atoms with Crippen LogP contribution in [-0.4, -0.2) is 80.3 Å². The first-order chi connectivity index (χ1) is 13.3. The molecule has 0 spiro atoms. The summed E-state index contributed by atoms with van der Waals surface area (Å²) in [6.07, 6.45) is 4.23. The summed E-state index contributed by atoms with van der Waals surface area (Å²) in [6, 6.07) is 7.86. The molecule has 0 radical (unpaired) electrons. The molecule has 8 nitrogen and oxygen atoms in total. The van der Waals surface area contributed by atoms with Gasteiger partial charge >= 0.3 is 0 Å². The number of tetrazole rings is 1. The summed E-state index contributed by atoms with van der Waals surface area (Å²) >= 11 is 0. The lowest BCUT2D eigenvalue weighted by Gasteiger charge is -2.42. The molecule has 0 bridgehead atoms. The van der Waals surface area contributed by atoms with Crippen LogP contribution in [0.1, 0.15) is 36.0 Å². The van der Waals surface area contributed by atoms with E-state index in [-0.39, 0.29) is 12.5 Å². The second kappa shape index (κ2) is 8.14. The molecule has 1 amide bonds. The average Bonchev–Trinajstić information content (AvgIpc) is 3.28. The summed E-state index contributed by atoms with van der Waals surface area (Å²) in [5.41, 5.74) is 1.33. The van der Waals surface area contributed by atoms with Crippen molar-refractivity contribution >= 4 is 5.91 Å². The molecule has 1 atom stereocenters. The van der Waals surface area contributed by atoms with Crippen LogP contribution in [0.4, 0.5) is 0 Å². The van der Waals surface area contributed by atoms with Gasteiger partial charge in [-0.3, -0.25) is 9.69 Å². The molecule has 0 saturated carbocycles. The molecule has 2 aromatic rings. The second-order valence-electron chi connectivity index (χ2n) is 7.49. The first-order valence-electron chi connectivity index (χ1n) is 9.73. The topological polar surface area (TPSA) is 98.2 Å². The lowest BCUT2D eigenvalue weighted by Crippen LogP contribution is -2.52. The molecule has 2 aliphatic heterocycles. The molecule has 144 valence electrons. The Labute approximate surface area is 158 Å². The highest BCUT2D eigenvalue weighted by atomic mass is 16.3. The van der Waals surface area contributed by atoms with Crippen LogP contribution in [-0.2, 0) is 0 Å². The number of hydrogen-bond acceptors (Lipinski definition) is 6. The van der Waals surface area contributed by atoms with Crippen molar-refractivity contribution in [3.63, 3.8) is 0 Å². The van der Waals surface area contributed by atoms with Crippen LogP contribution in [0.3, 0.4) is 0 Å². The molecular weight excluding hydrogens is 344 g/mol. The van der Waals surface area contributed by atoms with E-state index in [1.807, 2.05) is 29.2 Å². The van der Waals surface area contributed by atoms with Crippen LogP contribution in [0.2, 0.25) is 0 Å². The summed E-state index contributed by atoms with van der Waals surface area (Å²) in [7, 11) is 0. The number of amides is 1. The number of nitrogens with zero attached hydrogens (tertiary/aromatic N) is 5. The fourth-order valence-electron chi connectivity index (χ4n) is 4.25. The third-order valence-electron chi connectivity index (χ3n) is 5.85. The van der Waals surface area contributed by atoms with Gasteiger partial charge in [0.1, 0.15) is 0 Å². The molecule has 1 aromatic carbocycles. The molecule has 8 heteroatoms. The Kier molecular flexibility index (Phi) is 5.45. The minimum absolute atomic E-state index is 0.0327. The van der Waals surface area contributed by atoms with Crippen LogP contribution in [0.25, 0.3) is 11.4 Å². The summed E-state index contributed by atoms with van der Waals surface area (Å²) in [5, 5.41) is 23.5. The zero-order chi connectivity index (χ0) is 18.6. The normalized spacial score (nSPS) is 22.1. The third-order valence-corrected chi connectivity index (χ3v) is 5.85. The number of nitrogens with one attached hydrogen (secondary N) is 1. The highest BCUT2D eigenvalue weighted by Crippen LogP contribution is 2.26. The van der Waals surface area contributed by atoms with E-state index in [1.54, 1.807) is 0 Å². The van der Waals surface area contributed by atoms with E-state index in [2.05, 4.69) is 25.5 Å². The first-order valence-corrected chi connectivity index (χ1v) is 9.73. The molecule has 1 unspecified atom stereocenters. The number of H-pyrrole nitrogens is 1. The fourth-order valence-corrected chi connectivity index (χ4v) is 4.25. The average molecular weight is 370 g/mol. The van der Waals surface area contributed by atoms with Crippen molar-refractivity contribution in [2.75, 3.05) is 32.8 Å². The number of aliphatic hydroxyl groups excluding tert-OH is 1. The van der Waals surface area contributed by atoms with Gasteiger partial charge in [-0.2, -0.15) is 5.21 Å². The molecule has 0 aliphatic carbocycles. The van der Waals surface area contributed by atoms with Crippen LogP contribution in [0, 0.1) is 5.92 Å². The number of carbonyl (C=O) groups is 1. The van der Waals surface area contributed by atoms with Gasteiger partial charge in [0.2, 0.25) is 5.82 Å². The van der Waals surface area contributed by atoms with Gasteiger partial charge in [0.15, 0.2) is 0 Å². The Morgan fingerprint density at radius 1 is 1.19 bits per heavy atom. The maximum Gasteiger partial charge on any atom is 0.254 e. The molecule has 1 aromatic heterocycles. The van der Waals surface area contributed by atoms with Crippen molar-refractivity contribution in [2.24, 2.45) is 5.92 Å². The van der Waals surface area contributed by atoms with E-state index in [1.165, 1.54) is 0 Å².